The standard InChI is InChI=1S/C17H19F3N4O2/c1-10(15-23-22-14-4-3-9-24(14)15)21-16(25)11(2)26-13-7-5-12(6-8-13)17(18,19)20/h5-8,10-11H,3-4,9H2,1-2H3,(H,21,25). The number of halogens is 3. The third-order valence-corrected chi connectivity index (χ3v) is 4.25. The smallest absolute Gasteiger partial charge is 0.416 e. The van der Waals surface area contributed by atoms with Crippen LogP contribution in [0, 0.1) is 0 Å². The molecule has 0 spiro atoms. The lowest BCUT2D eigenvalue weighted by molar-refractivity contribution is -0.137. The second-order valence-electron chi connectivity index (χ2n) is 6.24. The predicted octanol–water partition coefficient (Wildman–Crippen LogP) is 2.89. The SMILES string of the molecule is CC(Oc1ccc(C(F)(F)F)cc1)C(=O)NC(C)c1nnc2n1CCC2. The van der Waals surface area contributed by atoms with Gasteiger partial charge in [-0.2, -0.15) is 13.2 Å². The van der Waals surface area contributed by atoms with Gasteiger partial charge in [-0.25, -0.2) is 0 Å². The van der Waals surface area contributed by atoms with E-state index in [0.717, 1.165) is 37.3 Å². The second-order valence-corrected chi connectivity index (χ2v) is 6.24. The average molecular weight is 368 g/mol. The number of carbonyl (C=O) groups is 1. The summed E-state index contributed by atoms with van der Waals surface area (Å²) in [5, 5.41) is 11.0. The van der Waals surface area contributed by atoms with Crippen LogP contribution in [0.5, 0.6) is 5.75 Å². The molecule has 9 heteroatoms. The van der Waals surface area contributed by atoms with Crippen molar-refractivity contribution < 1.29 is 22.7 Å². The number of aromatic nitrogens is 3. The van der Waals surface area contributed by atoms with Gasteiger partial charge in [0.2, 0.25) is 0 Å². The normalized spacial score (nSPS) is 16.0. The van der Waals surface area contributed by atoms with Crippen LogP contribution in [-0.4, -0.2) is 26.8 Å². The number of fused-ring (bicyclic) bond motifs is 1. The Hall–Kier alpha value is -2.58. The van der Waals surface area contributed by atoms with Crippen molar-refractivity contribution in [3.63, 3.8) is 0 Å². The number of nitrogens with one attached hydrogen (secondary N) is 1. The summed E-state index contributed by atoms with van der Waals surface area (Å²) in [6, 6.07) is 3.88. The summed E-state index contributed by atoms with van der Waals surface area (Å²) in [5.74, 6) is 1.41. The van der Waals surface area contributed by atoms with E-state index in [4.69, 9.17) is 4.74 Å². The van der Waals surface area contributed by atoms with E-state index in [0.29, 0.717) is 5.82 Å². The molecule has 2 atom stereocenters. The third kappa shape index (κ3) is 3.81. The topological polar surface area (TPSA) is 69.0 Å². The number of alkyl halides is 3. The summed E-state index contributed by atoms with van der Waals surface area (Å²) >= 11 is 0. The number of benzene rings is 1. The van der Waals surface area contributed by atoms with E-state index >= 15 is 0 Å². The first-order valence-corrected chi connectivity index (χ1v) is 8.32. The van der Waals surface area contributed by atoms with Crippen molar-refractivity contribution in [3.8, 4) is 5.75 Å². The molecule has 0 fully saturated rings. The maximum atomic E-state index is 12.6. The van der Waals surface area contributed by atoms with Crippen molar-refractivity contribution in [2.24, 2.45) is 0 Å². The third-order valence-electron chi connectivity index (χ3n) is 4.25. The van der Waals surface area contributed by atoms with Gasteiger partial charge in [0.25, 0.3) is 5.91 Å². The number of aryl methyl sites for hydroxylation is 1. The zero-order valence-electron chi connectivity index (χ0n) is 14.4. The van der Waals surface area contributed by atoms with Crippen LogP contribution >= 0.6 is 0 Å². The zero-order chi connectivity index (χ0) is 18.9. The van der Waals surface area contributed by atoms with E-state index in [1.807, 2.05) is 4.57 Å². The van der Waals surface area contributed by atoms with Crippen LogP contribution in [0.2, 0.25) is 0 Å². The number of ether oxygens (including phenoxy) is 1. The van der Waals surface area contributed by atoms with Gasteiger partial charge < -0.3 is 14.6 Å². The van der Waals surface area contributed by atoms with Crippen LogP contribution in [-0.2, 0) is 23.9 Å². The molecule has 0 radical (unpaired) electrons. The van der Waals surface area contributed by atoms with Gasteiger partial charge in [-0.15, -0.1) is 10.2 Å². The molecule has 1 aromatic heterocycles. The molecule has 1 aliphatic heterocycles. The van der Waals surface area contributed by atoms with Gasteiger partial charge in [0.05, 0.1) is 11.6 Å². The van der Waals surface area contributed by atoms with Crippen LogP contribution in [0.3, 0.4) is 0 Å². The average Bonchev–Trinajstić information content (AvgIpc) is 3.17. The van der Waals surface area contributed by atoms with Crippen LogP contribution < -0.4 is 10.1 Å². The maximum Gasteiger partial charge on any atom is 0.416 e. The van der Waals surface area contributed by atoms with Crippen LogP contribution in [0.4, 0.5) is 13.2 Å². The zero-order valence-corrected chi connectivity index (χ0v) is 14.4. The highest BCUT2D eigenvalue weighted by atomic mass is 19.4. The molecule has 1 amide bonds. The summed E-state index contributed by atoms with van der Waals surface area (Å²) < 4.78 is 45.1. The lowest BCUT2D eigenvalue weighted by Crippen LogP contribution is -2.38. The number of carbonyl (C=O) groups excluding carboxylic acids is 1. The largest absolute Gasteiger partial charge is 0.481 e. The summed E-state index contributed by atoms with van der Waals surface area (Å²) in [4.78, 5) is 12.3. The molecule has 2 unspecified atom stereocenters. The highest BCUT2D eigenvalue weighted by Gasteiger charge is 2.30. The van der Waals surface area contributed by atoms with Gasteiger partial charge in [0.15, 0.2) is 11.9 Å². The van der Waals surface area contributed by atoms with Crippen LogP contribution in [0.25, 0.3) is 0 Å². The summed E-state index contributed by atoms with van der Waals surface area (Å²) in [7, 11) is 0. The Bertz CT molecular complexity index is 786. The quantitative estimate of drug-likeness (QED) is 0.881. The molecule has 0 saturated heterocycles. The lowest BCUT2D eigenvalue weighted by atomic mass is 10.2. The monoisotopic (exact) mass is 368 g/mol. The van der Waals surface area contributed by atoms with E-state index in [1.165, 1.54) is 19.1 Å². The Balaban J connectivity index is 1.59. The summed E-state index contributed by atoms with van der Waals surface area (Å²) in [6.45, 7) is 4.17. The number of nitrogens with zero attached hydrogens (tertiary/aromatic N) is 3. The Morgan fingerprint density at radius 3 is 2.58 bits per heavy atom. The minimum atomic E-state index is -4.41. The van der Waals surface area contributed by atoms with Gasteiger partial charge >= 0.3 is 6.18 Å². The Labute approximate surface area is 148 Å². The van der Waals surface area contributed by atoms with Gasteiger partial charge in [0.1, 0.15) is 11.6 Å². The molecule has 1 aromatic carbocycles. The van der Waals surface area contributed by atoms with Crippen LogP contribution in [0.15, 0.2) is 24.3 Å². The molecule has 3 rings (SSSR count). The van der Waals surface area contributed by atoms with E-state index in [1.54, 1.807) is 6.92 Å². The number of hydrogen-bond donors (Lipinski definition) is 1. The van der Waals surface area contributed by atoms with Crippen molar-refractivity contribution in [1.29, 1.82) is 0 Å². The van der Waals surface area contributed by atoms with E-state index < -0.39 is 17.8 Å². The van der Waals surface area contributed by atoms with Crippen molar-refractivity contribution in [2.75, 3.05) is 0 Å². The minimum Gasteiger partial charge on any atom is -0.481 e. The molecule has 2 aromatic rings. The van der Waals surface area contributed by atoms with Crippen LogP contribution in [0.1, 0.15) is 43.5 Å². The number of hydrogen-bond acceptors (Lipinski definition) is 4. The highest BCUT2D eigenvalue weighted by molar-refractivity contribution is 5.81. The maximum absolute atomic E-state index is 12.6. The van der Waals surface area contributed by atoms with Crippen molar-refractivity contribution in [2.45, 2.75) is 51.6 Å². The van der Waals surface area contributed by atoms with Crippen molar-refractivity contribution >= 4 is 5.91 Å². The molecule has 26 heavy (non-hydrogen) atoms. The fourth-order valence-corrected chi connectivity index (χ4v) is 2.87. The molecule has 140 valence electrons. The molecule has 0 aliphatic carbocycles. The first-order valence-electron chi connectivity index (χ1n) is 8.32. The molecule has 1 N–H and O–H groups in total. The summed E-state index contributed by atoms with van der Waals surface area (Å²) in [6.07, 6.45) is -3.39. The minimum absolute atomic E-state index is 0.191. The molecule has 0 bridgehead atoms. The molecular weight excluding hydrogens is 349 g/mol. The molecular formula is C17H19F3N4O2. The molecule has 2 heterocycles. The number of amides is 1. The Kier molecular flexibility index (Phi) is 4.88. The highest BCUT2D eigenvalue weighted by Crippen LogP contribution is 2.30. The van der Waals surface area contributed by atoms with Gasteiger partial charge in [-0.1, -0.05) is 0 Å². The Morgan fingerprint density at radius 2 is 1.92 bits per heavy atom. The number of rotatable bonds is 5. The predicted molar refractivity (Wildman–Crippen MR) is 86.4 cm³/mol. The molecule has 6 nitrogen and oxygen atoms in total. The van der Waals surface area contributed by atoms with Gasteiger partial charge in [-0.3, -0.25) is 4.79 Å². The first kappa shape index (κ1) is 18.2. The van der Waals surface area contributed by atoms with E-state index in [9.17, 15) is 18.0 Å². The Morgan fingerprint density at radius 1 is 1.23 bits per heavy atom. The van der Waals surface area contributed by atoms with E-state index in [2.05, 4.69) is 15.5 Å². The molecule has 1 aliphatic rings. The molecule has 0 saturated carbocycles. The van der Waals surface area contributed by atoms with Crippen molar-refractivity contribution in [3.05, 3.63) is 41.5 Å². The van der Waals surface area contributed by atoms with Crippen molar-refractivity contribution in [1.82, 2.24) is 20.1 Å². The lowest BCUT2D eigenvalue weighted by Gasteiger charge is -2.19. The second kappa shape index (κ2) is 6.97. The fraction of sp³-hybridized carbons (Fsp3) is 0.471. The fourth-order valence-electron chi connectivity index (χ4n) is 2.87. The summed E-state index contributed by atoms with van der Waals surface area (Å²) in [5.41, 5.74) is -0.767. The first-order chi connectivity index (χ1) is 12.3. The van der Waals surface area contributed by atoms with Gasteiger partial charge in [-0.05, 0) is 44.5 Å². The van der Waals surface area contributed by atoms with E-state index in [-0.39, 0.29) is 17.7 Å². The van der Waals surface area contributed by atoms with Gasteiger partial charge in [0, 0.05) is 13.0 Å².